The molecule has 0 bridgehead atoms. The second kappa shape index (κ2) is 7.07. The molecule has 2 aromatic rings. The van der Waals surface area contributed by atoms with Gasteiger partial charge in [-0.2, -0.15) is 0 Å². The van der Waals surface area contributed by atoms with Crippen LogP contribution in [0.3, 0.4) is 0 Å². The highest BCUT2D eigenvalue weighted by molar-refractivity contribution is 9.10. The van der Waals surface area contributed by atoms with Crippen molar-refractivity contribution in [1.82, 2.24) is 0 Å². The number of nitrogens with two attached hydrogens (primary N) is 1. The van der Waals surface area contributed by atoms with Crippen LogP contribution in [-0.4, -0.2) is 11.7 Å². The maximum Gasteiger partial charge on any atom is 0.124 e. The molecule has 2 aromatic carbocycles. The third-order valence-corrected chi connectivity index (χ3v) is 4.44. The van der Waals surface area contributed by atoms with E-state index in [-0.39, 0.29) is 11.6 Å². The predicted molar refractivity (Wildman–Crippen MR) is 87.3 cm³/mol. The van der Waals surface area contributed by atoms with Crippen LogP contribution in [0.15, 0.2) is 40.9 Å². The first-order valence-corrected chi connectivity index (χ1v) is 7.77. The molecule has 0 saturated heterocycles. The van der Waals surface area contributed by atoms with Gasteiger partial charge in [-0.3, -0.25) is 0 Å². The monoisotopic (exact) mass is 391 g/mol. The van der Waals surface area contributed by atoms with Gasteiger partial charge in [-0.05, 0) is 35.9 Å². The fraction of sp³-hybridized carbons (Fsp3) is 0.200. The minimum Gasteiger partial charge on any atom is -0.388 e. The lowest BCUT2D eigenvalue weighted by molar-refractivity contribution is 0.147. The molecule has 112 valence electrons. The summed E-state index contributed by atoms with van der Waals surface area (Å²) >= 11 is 15.5. The van der Waals surface area contributed by atoms with Crippen LogP contribution in [0, 0.1) is 5.82 Å². The molecule has 0 saturated carbocycles. The van der Waals surface area contributed by atoms with Gasteiger partial charge in [-0.25, -0.2) is 4.39 Å². The molecule has 0 aliphatic heterocycles. The standard InChI is InChI=1S/C15H13BrCl2FNO/c16-8-1-4-13(17)11(5-8)15(21)12(7-20)10-3-2-9(19)6-14(10)18/h1-6,12,15,21H,7,20H2. The molecule has 2 unspecified atom stereocenters. The van der Waals surface area contributed by atoms with Crippen LogP contribution >= 0.6 is 39.1 Å². The SMILES string of the molecule is NCC(c1ccc(F)cc1Cl)C(O)c1cc(Br)ccc1Cl. The van der Waals surface area contributed by atoms with Crippen molar-refractivity contribution in [3.63, 3.8) is 0 Å². The Labute approximate surface area is 140 Å². The van der Waals surface area contributed by atoms with Crippen molar-refractivity contribution >= 4 is 39.1 Å². The van der Waals surface area contributed by atoms with Gasteiger partial charge in [0, 0.05) is 32.5 Å². The molecule has 2 rings (SSSR count). The van der Waals surface area contributed by atoms with Crippen molar-refractivity contribution in [2.75, 3.05) is 6.54 Å². The van der Waals surface area contributed by atoms with E-state index in [0.29, 0.717) is 16.1 Å². The topological polar surface area (TPSA) is 46.2 Å². The summed E-state index contributed by atoms with van der Waals surface area (Å²) in [6.07, 6.45) is -0.942. The molecule has 6 heteroatoms. The average Bonchev–Trinajstić information content (AvgIpc) is 2.44. The van der Waals surface area contributed by atoms with E-state index in [1.165, 1.54) is 18.2 Å². The molecule has 0 spiro atoms. The summed E-state index contributed by atoms with van der Waals surface area (Å²) in [5.41, 5.74) is 6.90. The van der Waals surface area contributed by atoms with Gasteiger partial charge in [0.15, 0.2) is 0 Å². The summed E-state index contributed by atoms with van der Waals surface area (Å²) in [4.78, 5) is 0. The summed E-state index contributed by atoms with van der Waals surface area (Å²) in [7, 11) is 0. The lowest BCUT2D eigenvalue weighted by Gasteiger charge is -2.24. The fourth-order valence-corrected chi connectivity index (χ4v) is 3.10. The maximum absolute atomic E-state index is 13.2. The van der Waals surface area contributed by atoms with Crippen LogP contribution in [0.5, 0.6) is 0 Å². The Morgan fingerprint density at radius 3 is 2.43 bits per heavy atom. The molecular weight excluding hydrogens is 380 g/mol. The Morgan fingerprint density at radius 1 is 1.10 bits per heavy atom. The molecule has 0 heterocycles. The van der Waals surface area contributed by atoms with Crippen LogP contribution in [0.1, 0.15) is 23.1 Å². The molecule has 0 aromatic heterocycles. The summed E-state index contributed by atoms with van der Waals surface area (Å²) in [5.74, 6) is -0.917. The molecule has 2 atom stereocenters. The quantitative estimate of drug-likeness (QED) is 0.793. The maximum atomic E-state index is 13.2. The number of aliphatic hydroxyl groups is 1. The molecule has 0 amide bonds. The fourth-order valence-electron chi connectivity index (χ4n) is 2.19. The van der Waals surface area contributed by atoms with Crippen LogP contribution in [-0.2, 0) is 0 Å². The van der Waals surface area contributed by atoms with Gasteiger partial charge in [-0.15, -0.1) is 0 Å². The Bertz CT molecular complexity index is 654. The number of aliphatic hydroxyl groups excluding tert-OH is 1. The summed E-state index contributed by atoms with van der Waals surface area (Å²) in [5, 5.41) is 11.3. The number of rotatable bonds is 4. The smallest absolute Gasteiger partial charge is 0.124 e. The molecule has 2 nitrogen and oxygen atoms in total. The Kier molecular flexibility index (Phi) is 5.63. The van der Waals surface area contributed by atoms with E-state index < -0.39 is 17.8 Å². The highest BCUT2D eigenvalue weighted by atomic mass is 79.9. The number of hydrogen-bond donors (Lipinski definition) is 2. The summed E-state index contributed by atoms with van der Waals surface area (Å²) in [6.45, 7) is 0.148. The molecule has 3 N–H and O–H groups in total. The highest BCUT2D eigenvalue weighted by Crippen LogP contribution is 2.38. The lowest BCUT2D eigenvalue weighted by atomic mass is 9.89. The summed E-state index contributed by atoms with van der Waals surface area (Å²) in [6, 6.07) is 9.22. The Morgan fingerprint density at radius 2 is 1.81 bits per heavy atom. The number of hydrogen-bond acceptors (Lipinski definition) is 2. The van der Waals surface area contributed by atoms with Gasteiger partial charge in [0.2, 0.25) is 0 Å². The largest absolute Gasteiger partial charge is 0.388 e. The van der Waals surface area contributed by atoms with Crippen LogP contribution in [0.25, 0.3) is 0 Å². The van der Waals surface area contributed by atoms with Gasteiger partial charge in [0.05, 0.1) is 6.10 Å². The first-order chi connectivity index (χ1) is 9.93. The zero-order valence-corrected chi connectivity index (χ0v) is 14.0. The first-order valence-electron chi connectivity index (χ1n) is 6.22. The molecule has 0 aliphatic rings. The molecular formula is C15H13BrCl2FNO. The van der Waals surface area contributed by atoms with Crippen molar-refractivity contribution in [2.24, 2.45) is 5.73 Å². The second-order valence-electron chi connectivity index (χ2n) is 4.62. The third kappa shape index (κ3) is 3.76. The van der Waals surface area contributed by atoms with E-state index in [9.17, 15) is 9.50 Å². The van der Waals surface area contributed by atoms with Gasteiger partial charge in [0.25, 0.3) is 0 Å². The molecule has 0 aliphatic carbocycles. The van der Waals surface area contributed by atoms with E-state index in [0.717, 1.165) is 4.47 Å². The zero-order valence-electron chi connectivity index (χ0n) is 10.9. The van der Waals surface area contributed by atoms with Crippen molar-refractivity contribution in [1.29, 1.82) is 0 Å². The normalized spacial score (nSPS) is 14.0. The highest BCUT2D eigenvalue weighted by Gasteiger charge is 2.25. The van der Waals surface area contributed by atoms with E-state index in [1.807, 2.05) is 0 Å². The number of benzene rings is 2. The van der Waals surface area contributed by atoms with Gasteiger partial charge in [0.1, 0.15) is 5.82 Å². The average molecular weight is 393 g/mol. The number of halogens is 4. The third-order valence-electron chi connectivity index (χ3n) is 3.27. The van der Waals surface area contributed by atoms with E-state index in [1.54, 1.807) is 18.2 Å². The van der Waals surface area contributed by atoms with E-state index in [2.05, 4.69) is 15.9 Å². The summed E-state index contributed by atoms with van der Waals surface area (Å²) < 4.78 is 13.9. The predicted octanol–water partition coefficient (Wildman–Crippen LogP) is 4.67. The Balaban J connectivity index is 2.43. The zero-order chi connectivity index (χ0) is 15.6. The van der Waals surface area contributed by atoms with Gasteiger partial charge < -0.3 is 10.8 Å². The minimum absolute atomic E-state index is 0.148. The lowest BCUT2D eigenvalue weighted by Crippen LogP contribution is -2.21. The molecule has 0 fully saturated rings. The van der Waals surface area contributed by atoms with Crippen LogP contribution in [0.4, 0.5) is 4.39 Å². The van der Waals surface area contributed by atoms with Crippen LogP contribution < -0.4 is 5.73 Å². The van der Waals surface area contributed by atoms with Crippen LogP contribution in [0.2, 0.25) is 10.0 Å². The van der Waals surface area contributed by atoms with Crippen molar-refractivity contribution in [3.05, 3.63) is 67.9 Å². The van der Waals surface area contributed by atoms with Crippen molar-refractivity contribution < 1.29 is 9.50 Å². The van der Waals surface area contributed by atoms with Crippen molar-refractivity contribution in [2.45, 2.75) is 12.0 Å². The van der Waals surface area contributed by atoms with E-state index in [4.69, 9.17) is 28.9 Å². The Hall–Kier alpha value is -0.650. The van der Waals surface area contributed by atoms with Gasteiger partial charge >= 0.3 is 0 Å². The second-order valence-corrected chi connectivity index (χ2v) is 6.35. The minimum atomic E-state index is -0.942. The first kappa shape index (κ1) is 16.7. The van der Waals surface area contributed by atoms with E-state index >= 15 is 0 Å². The van der Waals surface area contributed by atoms with Gasteiger partial charge in [-0.1, -0.05) is 45.2 Å². The molecule has 0 radical (unpaired) electrons. The molecule has 21 heavy (non-hydrogen) atoms. The van der Waals surface area contributed by atoms with Crippen molar-refractivity contribution in [3.8, 4) is 0 Å².